The highest BCUT2D eigenvalue weighted by Crippen LogP contribution is 2.14. The second kappa shape index (κ2) is 11.7. The smallest absolute Gasteiger partial charge is 0.179 e. The molecule has 4 nitrogen and oxygen atoms in total. The van der Waals surface area contributed by atoms with Crippen LogP contribution in [0.25, 0.3) is 0 Å². The molecule has 0 aliphatic heterocycles. The topological polar surface area (TPSA) is 68.2 Å². The van der Waals surface area contributed by atoms with Crippen LogP contribution in [0.4, 0.5) is 0 Å². The Balaban J connectivity index is 0.00000163. The number of aromatic nitrogens is 1. The molecule has 1 aromatic heterocycles. The van der Waals surface area contributed by atoms with Crippen LogP contribution < -0.4 is 5.73 Å². The molecule has 0 saturated heterocycles. The van der Waals surface area contributed by atoms with Gasteiger partial charge in [0.1, 0.15) is 0 Å². The van der Waals surface area contributed by atoms with Crippen molar-refractivity contribution in [2.45, 2.75) is 58.9 Å². The lowest BCUT2D eigenvalue weighted by molar-refractivity contribution is 0.0972. The average molecular weight is 359 g/mol. The van der Waals surface area contributed by atoms with Crippen LogP contribution in [0.5, 0.6) is 0 Å². The molecule has 1 atom stereocenters. The number of nitrogens with zero attached hydrogens (tertiary/aromatic N) is 1. The first-order chi connectivity index (χ1) is 12.5. The summed E-state index contributed by atoms with van der Waals surface area (Å²) < 4.78 is 1.96. The molecule has 26 heavy (non-hydrogen) atoms. The summed E-state index contributed by atoms with van der Waals surface area (Å²) in [6.07, 6.45) is 3.83. The molecule has 2 rings (SSSR count). The molecule has 0 amide bonds. The fraction of sp³-hybridized carbons (Fsp3) is 0.500. The summed E-state index contributed by atoms with van der Waals surface area (Å²) in [6, 6.07) is 12.2. The Kier molecular flexibility index (Phi) is 9.92. The van der Waals surface area contributed by atoms with E-state index in [4.69, 9.17) is 10.8 Å². The van der Waals surface area contributed by atoms with E-state index < -0.39 is 0 Å². The van der Waals surface area contributed by atoms with Gasteiger partial charge in [-0.2, -0.15) is 0 Å². The number of aliphatic hydroxyl groups excluding tert-OH is 1. The summed E-state index contributed by atoms with van der Waals surface area (Å²) in [5.41, 5.74) is 10.1. The molecule has 144 valence electrons. The number of hydrogen-bond acceptors (Lipinski definition) is 3. The zero-order valence-corrected chi connectivity index (χ0v) is 16.7. The van der Waals surface area contributed by atoms with Crippen LogP contribution in [0.1, 0.15) is 60.4 Å². The van der Waals surface area contributed by atoms with Crippen LogP contribution in [0.3, 0.4) is 0 Å². The van der Waals surface area contributed by atoms with Crippen molar-refractivity contribution in [2.75, 3.05) is 6.61 Å². The Morgan fingerprint density at radius 3 is 2.38 bits per heavy atom. The standard InChI is InChI=1S/C20H28N2O2.C2H6/c1-15-6-8-16(9-7-15)4-3-5-20(24)19-13-12-18(22(19)2)11-10-17(21)14-23;1-2/h6-9,12-13,17,23H,3-5,10-11,14,21H2,1-2H3;1-2H3/t17-;/m1./s1. The van der Waals surface area contributed by atoms with E-state index in [1.165, 1.54) is 11.1 Å². The zero-order chi connectivity index (χ0) is 19.5. The first-order valence-corrected chi connectivity index (χ1v) is 9.61. The van der Waals surface area contributed by atoms with Crippen molar-refractivity contribution in [3.8, 4) is 0 Å². The van der Waals surface area contributed by atoms with Crippen molar-refractivity contribution < 1.29 is 9.90 Å². The number of nitrogens with two attached hydrogens (primary N) is 1. The van der Waals surface area contributed by atoms with E-state index >= 15 is 0 Å². The van der Waals surface area contributed by atoms with E-state index in [9.17, 15) is 4.79 Å². The Labute approximate surface area is 158 Å². The molecule has 4 heteroatoms. The van der Waals surface area contributed by atoms with Gasteiger partial charge >= 0.3 is 0 Å². The predicted octanol–water partition coefficient (Wildman–Crippen LogP) is 3.82. The second-order valence-corrected chi connectivity index (χ2v) is 6.51. The van der Waals surface area contributed by atoms with Gasteiger partial charge < -0.3 is 15.4 Å². The number of hydrogen-bond donors (Lipinski definition) is 2. The van der Waals surface area contributed by atoms with E-state index in [1.807, 2.05) is 37.6 Å². The first kappa shape index (κ1) is 22.1. The van der Waals surface area contributed by atoms with Crippen molar-refractivity contribution in [3.63, 3.8) is 0 Å². The molecular weight excluding hydrogens is 324 g/mol. The van der Waals surface area contributed by atoms with E-state index in [2.05, 4.69) is 31.2 Å². The molecular formula is C22H34N2O2. The van der Waals surface area contributed by atoms with E-state index in [1.54, 1.807) is 0 Å². The molecule has 2 aromatic rings. The van der Waals surface area contributed by atoms with Crippen molar-refractivity contribution in [1.29, 1.82) is 0 Å². The van der Waals surface area contributed by atoms with Crippen molar-refractivity contribution in [2.24, 2.45) is 12.8 Å². The van der Waals surface area contributed by atoms with Gasteiger partial charge in [0.25, 0.3) is 0 Å². The third kappa shape index (κ3) is 6.77. The van der Waals surface area contributed by atoms with Crippen LogP contribution in [0, 0.1) is 6.92 Å². The summed E-state index contributed by atoms with van der Waals surface area (Å²) in [7, 11) is 1.92. The highest BCUT2D eigenvalue weighted by molar-refractivity contribution is 5.94. The van der Waals surface area contributed by atoms with Gasteiger partial charge in [-0.3, -0.25) is 4.79 Å². The van der Waals surface area contributed by atoms with Crippen LogP contribution in [0.2, 0.25) is 0 Å². The summed E-state index contributed by atoms with van der Waals surface area (Å²) in [4.78, 5) is 12.4. The van der Waals surface area contributed by atoms with E-state index in [-0.39, 0.29) is 18.4 Å². The second-order valence-electron chi connectivity index (χ2n) is 6.51. The van der Waals surface area contributed by atoms with Crippen LogP contribution >= 0.6 is 0 Å². The van der Waals surface area contributed by atoms with Gasteiger partial charge in [0.15, 0.2) is 5.78 Å². The average Bonchev–Trinajstić information content (AvgIpc) is 3.03. The first-order valence-electron chi connectivity index (χ1n) is 9.61. The number of Topliss-reactive ketones (excluding diaryl/α,β-unsaturated/α-hetero) is 1. The number of carbonyl (C=O) groups excluding carboxylic acids is 1. The lowest BCUT2D eigenvalue weighted by atomic mass is 10.0. The van der Waals surface area contributed by atoms with Gasteiger partial charge in [-0.15, -0.1) is 0 Å². The Morgan fingerprint density at radius 1 is 1.12 bits per heavy atom. The SMILES string of the molecule is CC.Cc1ccc(CCCC(=O)c2ccc(CC[C@@H](N)CO)n2C)cc1. The zero-order valence-electron chi connectivity index (χ0n) is 16.7. The van der Waals surface area contributed by atoms with Gasteiger partial charge in [0.05, 0.1) is 12.3 Å². The van der Waals surface area contributed by atoms with Crippen LogP contribution in [0.15, 0.2) is 36.4 Å². The molecule has 0 spiro atoms. The molecule has 0 aliphatic rings. The summed E-state index contributed by atoms with van der Waals surface area (Å²) >= 11 is 0. The van der Waals surface area contributed by atoms with Crippen molar-refractivity contribution in [1.82, 2.24) is 4.57 Å². The number of carbonyl (C=O) groups is 1. The van der Waals surface area contributed by atoms with Crippen LogP contribution in [-0.2, 0) is 19.9 Å². The van der Waals surface area contributed by atoms with Gasteiger partial charge in [0, 0.05) is 25.2 Å². The minimum absolute atomic E-state index is 0.00474. The fourth-order valence-electron chi connectivity index (χ4n) is 2.84. The quantitative estimate of drug-likeness (QED) is 0.670. The summed E-state index contributed by atoms with van der Waals surface area (Å²) in [6.45, 7) is 6.07. The molecule has 0 fully saturated rings. The molecule has 0 saturated carbocycles. The van der Waals surface area contributed by atoms with Crippen LogP contribution in [-0.4, -0.2) is 28.1 Å². The van der Waals surface area contributed by atoms with Gasteiger partial charge in [0.2, 0.25) is 0 Å². The maximum atomic E-state index is 12.4. The minimum Gasteiger partial charge on any atom is -0.395 e. The number of rotatable bonds is 9. The summed E-state index contributed by atoms with van der Waals surface area (Å²) in [5, 5.41) is 9.00. The largest absolute Gasteiger partial charge is 0.395 e. The molecule has 1 aromatic carbocycles. The number of benzene rings is 1. The highest BCUT2D eigenvalue weighted by Gasteiger charge is 2.13. The number of ketones is 1. The lowest BCUT2D eigenvalue weighted by Gasteiger charge is -2.10. The van der Waals surface area contributed by atoms with E-state index in [0.29, 0.717) is 6.42 Å². The van der Waals surface area contributed by atoms with Crippen molar-refractivity contribution in [3.05, 3.63) is 58.9 Å². The van der Waals surface area contributed by atoms with E-state index in [0.717, 1.165) is 37.1 Å². The van der Waals surface area contributed by atoms with Gasteiger partial charge in [-0.05, 0) is 50.3 Å². The summed E-state index contributed by atoms with van der Waals surface area (Å²) in [5.74, 6) is 0.183. The van der Waals surface area contributed by atoms with Crippen molar-refractivity contribution >= 4 is 5.78 Å². The fourth-order valence-corrected chi connectivity index (χ4v) is 2.84. The molecule has 0 aliphatic carbocycles. The monoisotopic (exact) mass is 358 g/mol. The maximum Gasteiger partial charge on any atom is 0.179 e. The third-order valence-corrected chi connectivity index (χ3v) is 4.51. The lowest BCUT2D eigenvalue weighted by Crippen LogP contribution is -2.25. The molecule has 0 radical (unpaired) electrons. The van der Waals surface area contributed by atoms with Gasteiger partial charge in [-0.25, -0.2) is 0 Å². The Bertz CT molecular complexity index is 659. The normalized spacial score (nSPS) is 11.6. The molecule has 0 unspecified atom stereocenters. The molecule has 0 bridgehead atoms. The Hall–Kier alpha value is -1.91. The highest BCUT2D eigenvalue weighted by atomic mass is 16.3. The third-order valence-electron chi connectivity index (χ3n) is 4.51. The minimum atomic E-state index is -0.200. The molecule has 1 heterocycles. The Morgan fingerprint density at radius 2 is 1.77 bits per heavy atom. The molecule has 3 N–H and O–H groups in total. The van der Waals surface area contributed by atoms with Gasteiger partial charge in [-0.1, -0.05) is 43.7 Å². The number of aryl methyl sites for hydroxylation is 3. The number of aliphatic hydroxyl groups is 1. The maximum absolute atomic E-state index is 12.4. The predicted molar refractivity (Wildman–Crippen MR) is 109 cm³/mol.